The number of anilines is 1. The number of hydrogen-bond acceptors (Lipinski definition) is 3. The lowest BCUT2D eigenvalue weighted by Gasteiger charge is -2.15. The first-order valence-electron chi connectivity index (χ1n) is 8.51. The fourth-order valence-corrected chi connectivity index (χ4v) is 4.35. The average Bonchev–Trinajstić information content (AvgIpc) is 3.10. The summed E-state index contributed by atoms with van der Waals surface area (Å²) in [6, 6.07) is 10.3. The third-order valence-corrected chi connectivity index (χ3v) is 5.99. The molecule has 2 aromatic rings. The minimum absolute atomic E-state index is 0.0344. The quantitative estimate of drug-likeness (QED) is 0.872. The second-order valence-corrected chi connectivity index (χ2v) is 8.13. The smallest absolute Gasteiger partial charge is 0.262 e. The van der Waals surface area contributed by atoms with Crippen LogP contribution in [0.15, 0.2) is 47.4 Å². The molecule has 0 unspecified atom stereocenters. The monoisotopic (exact) mass is 376 g/mol. The number of nitrogens with zero attached hydrogens (tertiary/aromatic N) is 1. The van der Waals surface area contributed by atoms with Crippen LogP contribution in [0.4, 0.5) is 10.1 Å². The van der Waals surface area contributed by atoms with Gasteiger partial charge in [0.15, 0.2) is 0 Å². The molecule has 0 spiro atoms. The van der Waals surface area contributed by atoms with Gasteiger partial charge in [0, 0.05) is 18.8 Å². The molecule has 5 nitrogen and oxygen atoms in total. The summed E-state index contributed by atoms with van der Waals surface area (Å²) in [5, 5.41) is 0. The number of nitrogens with one attached hydrogen (secondary N) is 1. The van der Waals surface area contributed by atoms with Crippen molar-refractivity contribution < 1.29 is 17.6 Å². The summed E-state index contributed by atoms with van der Waals surface area (Å²) < 4.78 is 40.6. The number of halogens is 1. The van der Waals surface area contributed by atoms with Gasteiger partial charge >= 0.3 is 0 Å². The molecule has 1 aliphatic rings. The molecule has 1 heterocycles. The Morgan fingerprint density at radius 2 is 1.77 bits per heavy atom. The van der Waals surface area contributed by atoms with Crippen LogP contribution in [0, 0.1) is 12.7 Å². The lowest BCUT2D eigenvalue weighted by atomic mass is 10.1. The van der Waals surface area contributed by atoms with Gasteiger partial charge in [0.25, 0.3) is 10.0 Å². The van der Waals surface area contributed by atoms with Crippen LogP contribution in [-0.2, 0) is 21.2 Å². The standard InChI is InChI=1S/C19H21FN2O3S/c1-14-12-16(20)6-9-18(14)26(24,25)21-17-7-4-15(5-8-17)13-19(23)22-10-2-3-11-22/h4-9,12,21H,2-3,10-11,13H2,1H3. The van der Waals surface area contributed by atoms with E-state index in [1.165, 1.54) is 12.1 Å². The molecule has 1 N–H and O–H groups in total. The third kappa shape index (κ3) is 4.22. The highest BCUT2D eigenvalue weighted by molar-refractivity contribution is 7.92. The summed E-state index contributed by atoms with van der Waals surface area (Å²) >= 11 is 0. The Bertz CT molecular complexity index is 905. The van der Waals surface area contributed by atoms with E-state index in [4.69, 9.17) is 0 Å². The van der Waals surface area contributed by atoms with Gasteiger partial charge in [0.1, 0.15) is 5.82 Å². The van der Waals surface area contributed by atoms with Gasteiger partial charge in [-0.1, -0.05) is 12.1 Å². The second-order valence-electron chi connectivity index (χ2n) is 6.48. The van der Waals surface area contributed by atoms with Gasteiger partial charge in [-0.05, 0) is 61.2 Å². The Kier molecular flexibility index (Phi) is 5.27. The molecule has 2 aromatic carbocycles. The molecule has 0 saturated carbocycles. The van der Waals surface area contributed by atoms with Crippen LogP contribution >= 0.6 is 0 Å². The SMILES string of the molecule is Cc1cc(F)ccc1S(=O)(=O)Nc1ccc(CC(=O)N2CCCC2)cc1. The van der Waals surface area contributed by atoms with Crippen molar-refractivity contribution in [2.75, 3.05) is 17.8 Å². The summed E-state index contributed by atoms with van der Waals surface area (Å²) in [4.78, 5) is 14.1. The Balaban J connectivity index is 1.69. The molecule has 0 radical (unpaired) electrons. The minimum atomic E-state index is -3.80. The largest absolute Gasteiger partial charge is 0.342 e. The van der Waals surface area contributed by atoms with E-state index in [2.05, 4.69) is 4.72 Å². The molecule has 3 rings (SSSR count). The molecular weight excluding hydrogens is 355 g/mol. The molecule has 0 bridgehead atoms. The van der Waals surface area contributed by atoms with Crippen molar-refractivity contribution in [3.63, 3.8) is 0 Å². The number of amides is 1. The normalized spacial score (nSPS) is 14.5. The predicted molar refractivity (Wildman–Crippen MR) is 97.9 cm³/mol. The zero-order valence-electron chi connectivity index (χ0n) is 14.5. The number of aryl methyl sites for hydroxylation is 1. The van der Waals surface area contributed by atoms with Crippen LogP contribution in [0.5, 0.6) is 0 Å². The molecule has 0 atom stereocenters. The maximum Gasteiger partial charge on any atom is 0.262 e. The van der Waals surface area contributed by atoms with Crippen LogP contribution in [0.1, 0.15) is 24.0 Å². The molecule has 26 heavy (non-hydrogen) atoms. The number of rotatable bonds is 5. The number of likely N-dealkylation sites (tertiary alicyclic amines) is 1. The Morgan fingerprint density at radius 1 is 1.12 bits per heavy atom. The van der Waals surface area contributed by atoms with E-state index < -0.39 is 15.8 Å². The van der Waals surface area contributed by atoms with Gasteiger partial charge in [-0.15, -0.1) is 0 Å². The first-order valence-corrected chi connectivity index (χ1v) is 9.99. The highest BCUT2D eigenvalue weighted by Gasteiger charge is 2.19. The first kappa shape index (κ1) is 18.4. The minimum Gasteiger partial charge on any atom is -0.342 e. The highest BCUT2D eigenvalue weighted by atomic mass is 32.2. The van der Waals surface area contributed by atoms with Gasteiger partial charge in [0.05, 0.1) is 11.3 Å². The molecule has 1 fully saturated rings. The van der Waals surface area contributed by atoms with Crippen molar-refractivity contribution >= 4 is 21.6 Å². The number of carbonyl (C=O) groups excluding carboxylic acids is 1. The number of sulfonamides is 1. The topological polar surface area (TPSA) is 66.5 Å². The van der Waals surface area contributed by atoms with Crippen LogP contribution in [0.3, 0.4) is 0 Å². The first-order chi connectivity index (χ1) is 12.3. The van der Waals surface area contributed by atoms with Crippen molar-refractivity contribution in [1.29, 1.82) is 0 Å². The number of hydrogen-bond donors (Lipinski definition) is 1. The second kappa shape index (κ2) is 7.45. The fourth-order valence-electron chi connectivity index (χ4n) is 3.07. The van der Waals surface area contributed by atoms with Crippen molar-refractivity contribution in [3.8, 4) is 0 Å². The Hall–Kier alpha value is -2.41. The van der Waals surface area contributed by atoms with Crippen molar-refractivity contribution in [2.45, 2.75) is 31.1 Å². The lowest BCUT2D eigenvalue weighted by molar-refractivity contribution is -0.129. The van der Waals surface area contributed by atoms with E-state index in [0.29, 0.717) is 17.7 Å². The summed E-state index contributed by atoms with van der Waals surface area (Å²) in [5.41, 5.74) is 1.57. The average molecular weight is 376 g/mol. The van der Waals surface area contributed by atoms with Crippen LogP contribution < -0.4 is 4.72 Å². The number of carbonyl (C=O) groups is 1. The van der Waals surface area contributed by atoms with Crippen LogP contribution in [0.25, 0.3) is 0 Å². The maximum absolute atomic E-state index is 13.2. The van der Waals surface area contributed by atoms with E-state index in [1.807, 2.05) is 4.90 Å². The predicted octanol–water partition coefficient (Wildman–Crippen LogP) is 3.10. The Labute approximate surface area is 152 Å². The lowest BCUT2D eigenvalue weighted by Crippen LogP contribution is -2.29. The van der Waals surface area contributed by atoms with Gasteiger partial charge < -0.3 is 4.90 Å². The van der Waals surface area contributed by atoms with Crippen molar-refractivity contribution in [3.05, 3.63) is 59.4 Å². The Morgan fingerprint density at radius 3 is 2.38 bits per heavy atom. The van der Waals surface area contributed by atoms with E-state index in [9.17, 15) is 17.6 Å². The zero-order chi connectivity index (χ0) is 18.7. The van der Waals surface area contributed by atoms with E-state index >= 15 is 0 Å². The van der Waals surface area contributed by atoms with Crippen molar-refractivity contribution in [2.24, 2.45) is 0 Å². The van der Waals surface area contributed by atoms with Gasteiger partial charge in [-0.3, -0.25) is 9.52 Å². The molecule has 1 amide bonds. The molecular formula is C19H21FN2O3S. The number of benzene rings is 2. The van der Waals surface area contributed by atoms with E-state index in [1.54, 1.807) is 31.2 Å². The van der Waals surface area contributed by atoms with Gasteiger partial charge in [0.2, 0.25) is 5.91 Å². The molecule has 0 aromatic heterocycles. The van der Waals surface area contributed by atoms with Crippen molar-refractivity contribution in [1.82, 2.24) is 4.90 Å². The summed E-state index contributed by atoms with van der Waals surface area (Å²) in [5.74, 6) is -0.383. The fraction of sp³-hybridized carbons (Fsp3) is 0.316. The molecule has 7 heteroatoms. The summed E-state index contributed by atoms with van der Waals surface area (Å²) in [6.45, 7) is 3.17. The van der Waals surface area contributed by atoms with Crippen LogP contribution in [-0.4, -0.2) is 32.3 Å². The molecule has 1 aliphatic heterocycles. The molecule has 138 valence electrons. The third-order valence-electron chi connectivity index (χ3n) is 4.45. The summed E-state index contributed by atoms with van der Waals surface area (Å²) in [7, 11) is -3.80. The van der Waals surface area contributed by atoms with Crippen LogP contribution in [0.2, 0.25) is 0 Å². The van der Waals surface area contributed by atoms with Gasteiger partial charge in [-0.2, -0.15) is 0 Å². The maximum atomic E-state index is 13.2. The summed E-state index contributed by atoms with van der Waals surface area (Å²) in [6.07, 6.45) is 2.41. The molecule has 1 saturated heterocycles. The highest BCUT2D eigenvalue weighted by Crippen LogP contribution is 2.21. The molecule has 0 aliphatic carbocycles. The zero-order valence-corrected chi connectivity index (χ0v) is 15.4. The van der Waals surface area contributed by atoms with E-state index in [0.717, 1.165) is 37.6 Å². The van der Waals surface area contributed by atoms with Gasteiger partial charge in [-0.25, -0.2) is 12.8 Å². The van der Waals surface area contributed by atoms with E-state index in [-0.39, 0.29) is 10.8 Å².